The summed E-state index contributed by atoms with van der Waals surface area (Å²) >= 11 is 0. The van der Waals surface area contributed by atoms with Gasteiger partial charge in [0, 0.05) is 6.04 Å². The third-order valence-corrected chi connectivity index (χ3v) is 2.77. The van der Waals surface area contributed by atoms with E-state index in [4.69, 9.17) is 14.9 Å². The van der Waals surface area contributed by atoms with Crippen LogP contribution in [0, 0.1) is 13.8 Å². The molecule has 96 valence electrons. The molecule has 0 amide bonds. The molecule has 0 aliphatic carbocycles. The van der Waals surface area contributed by atoms with Crippen molar-refractivity contribution in [2.75, 3.05) is 0 Å². The number of rotatable bonds is 4. The minimum Gasteiger partial charge on any atom is -0.481 e. The van der Waals surface area contributed by atoms with E-state index in [9.17, 15) is 0 Å². The first-order valence-corrected chi connectivity index (χ1v) is 6.11. The average Bonchev–Trinajstić information content (AvgIpc) is 2.72. The van der Waals surface area contributed by atoms with Gasteiger partial charge in [-0.25, -0.2) is 0 Å². The van der Waals surface area contributed by atoms with Crippen LogP contribution in [-0.4, -0.2) is 6.04 Å². The quantitative estimate of drug-likeness (QED) is 0.898. The zero-order valence-electron chi connectivity index (χ0n) is 11.0. The molecule has 2 aromatic rings. The Morgan fingerprint density at radius 1 is 1.17 bits per heavy atom. The van der Waals surface area contributed by atoms with E-state index in [1.54, 1.807) is 0 Å². The van der Waals surface area contributed by atoms with Crippen molar-refractivity contribution in [3.8, 4) is 5.75 Å². The van der Waals surface area contributed by atoms with Crippen LogP contribution in [0.25, 0.3) is 0 Å². The normalized spacial score (nSPS) is 14.2. The van der Waals surface area contributed by atoms with Crippen molar-refractivity contribution in [2.45, 2.75) is 32.9 Å². The number of benzene rings is 1. The van der Waals surface area contributed by atoms with Crippen molar-refractivity contribution in [3.05, 3.63) is 53.5 Å². The molecule has 0 aliphatic rings. The third-order valence-electron chi connectivity index (χ3n) is 2.77. The number of nitrogens with two attached hydrogens (primary N) is 1. The fourth-order valence-corrected chi connectivity index (χ4v) is 1.87. The molecule has 2 unspecified atom stereocenters. The van der Waals surface area contributed by atoms with Crippen LogP contribution in [0.4, 0.5) is 0 Å². The highest BCUT2D eigenvalue weighted by Gasteiger charge is 2.21. The smallest absolute Gasteiger partial charge is 0.171 e. The summed E-state index contributed by atoms with van der Waals surface area (Å²) in [6, 6.07) is 11.6. The van der Waals surface area contributed by atoms with Gasteiger partial charge < -0.3 is 14.9 Å². The Morgan fingerprint density at radius 3 is 2.50 bits per heavy atom. The first kappa shape index (κ1) is 12.7. The zero-order valence-corrected chi connectivity index (χ0v) is 11.0. The van der Waals surface area contributed by atoms with E-state index >= 15 is 0 Å². The van der Waals surface area contributed by atoms with Crippen molar-refractivity contribution in [3.63, 3.8) is 0 Å². The molecule has 2 atom stereocenters. The maximum Gasteiger partial charge on any atom is 0.171 e. The molecule has 3 nitrogen and oxygen atoms in total. The van der Waals surface area contributed by atoms with Crippen LogP contribution in [0.15, 0.2) is 40.8 Å². The highest BCUT2D eigenvalue weighted by molar-refractivity contribution is 5.28. The molecule has 0 saturated heterocycles. The molecule has 3 heteroatoms. The maximum absolute atomic E-state index is 5.98. The number of ether oxygens (including phenoxy) is 1. The van der Waals surface area contributed by atoms with Gasteiger partial charge >= 0.3 is 0 Å². The molecule has 0 aliphatic heterocycles. The first-order chi connectivity index (χ1) is 8.56. The topological polar surface area (TPSA) is 48.4 Å². The first-order valence-electron chi connectivity index (χ1n) is 6.11. The predicted octanol–water partition coefficient (Wildman–Crippen LogP) is 3.36. The van der Waals surface area contributed by atoms with Crippen molar-refractivity contribution < 1.29 is 9.15 Å². The third kappa shape index (κ3) is 2.93. The van der Waals surface area contributed by atoms with Gasteiger partial charge in [-0.05, 0) is 50.6 Å². The molecular weight excluding hydrogens is 226 g/mol. The van der Waals surface area contributed by atoms with Crippen LogP contribution in [0.5, 0.6) is 5.75 Å². The van der Waals surface area contributed by atoms with Gasteiger partial charge in [0.1, 0.15) is 17.3 Å². The Kier molecular flexibility index (Phi) is 3.72. The van der Waals surface area contributed by atoms with Crippen LogP contribution in [0.3, 0.4) is 0 Å². The van der Waals surface area contributed by atoms with Crippen LogP contribution < -0.4 is 10.5 Å². The van der Waals surface area contributed by atoms with Gasteiger partial charge in [0.25, 0.3) is 0 Å². The highest BCUT2D eigenvalue weighted by Crippen LogP contribution is 2.26. The number of furan rings is 1. The molecule has 0 fully saturated rings. The highest BCUT2D eigenvalue weighted by atomic mass is 16.5. The molecule has 2 N–H and O–H groups in total. The van der Waals surface area contributed by atoms with E-state index in [0.717, 1.165) is 22.8 Å². The largest absolute Gasteiger partial charge is 0.481 e. The summed E-state index contributed by atoms with van der Waals surface area (Å²) in [6.45, 7) is 5.86. The summed E-state index contributed by atoms with van der Waals surface area (Å²) in [5.41, 5.74) is 7.14. The Hall–Kier alpha value is -1.74. The Balaban J connectivity index is 2.22. The van der Waals surface area contributed by atoms with Crippen LogP contribution in [-0.2, 0) is 0 Å². The molecule has 0 bridgehead atoms. The van der Waals surface area contributed by atoms with Crippen molar-refractivity contribution in [1.82, 2.24) is 0 Å². The molecule has 0 saturated carbocycles. The van der Waals surface area contributed by atoms with Crippen molar-refractivity contribution in [1.29, 1.82) is 0 Å². The van der Waals surface area contributed by atoms with Gasteiger partial charge in [0.05, 0.1) is 0 Å². The van der Waals surface area contributed by atoms with E-state index in [-0.39, 0.29) is 12.1 Å². The second kappa shape index (κ2) is 5.27. The summed E-state index contributed by atoms with van der Waals surface area (Å²) < 4.78 is 11.5. The maximum atomic E-state index is 5.98. The lowest BCUT2D eigenvalue weighted by Gasteiger charge is -2.20. The Morgan fingerprint density at radius 2 is 1.94 bits per heavy atom. The monoisotopic (exact) mass is 245 g/mol. The number of hydrogen-bond donors (Lipinski definition) is 1. The Labute approximate surface area is 108 Å². The van der Waals surface area contributed by atoms with Gasteiger partial charge in [0.2, 0.25) is 0 Å². The number of hydrogen-bond acceptors (Lipinski definition) is 3. The summed E-state index contributed by atoms with van der Waals surface area (Å²) in [7, 11) is 0. The molecule has 1 aromatic heterocycles. The van der Waals surface area contributed by atoms with E-state index in [1.165, 1.54) is 0 Å². The molecule has 1 heterocycles. The molecule has 2 rings (SSSR count). The van der Waals surface area contributed by atoms with E-state index in [2.05, 4.69) is 0 Å². The fraction of sp³-hybridized carbons (Fsp3) is 0.333. The minimum absolute atomic E-state index is 0.143. The lowest BCUT2D eigenvalue weighted by molar-refractivity contribution is 0.151. The summed E-state index contributed by atoms with van der Waals surface area (Å²) in [5, 5.41) is 0. The van der Waals surface area contributed by atoms with E-state index in [1.807, 2.05) is 57.2 Å². The van der Waals surface area contributed by atoms with Gasteiger partial charge in [-0.15, -0.1) is 0 Å². The molecule has 0 spiro atoms. The molecule has 0 radical (unpaired) electrons. The van der Waals surface area contributed by atoms with Crippen molar-refractivity contribution in [2.24, 2.45) is 5.73 Å². The van der Waals surface area contributed by atoms with E-state index in [0.29, 0.717) is 0 Å². The van der Waals surface area contributed by atoms with Gasteiger partial charge in [0.15, 0.2) is 6.10 Å². The van der Waals surface area contributed by atoms with Crippen LogP contribution in [0.2, 0.25) is 0 Å². The summed E-state index contributed by atoms with van der Waals surface area (Å²) in [6.07, 6.45) is -0.263. The fourth-order valence-electron chi connectivity index (χ4n) is 1.87. The predicted molar refractivity (Wildman–Crippen MR) is 71.6 cm³/mol. The molecular formula is C15H19NO2. The second-order valence-electron chi connectivity index (χ2n) is 4.66. The Bertz CT molecular complexity index is 517. The SMILES string of the molecule is Cc1cccc(OC(c2ccc(C)o2)C(C)N)c1. The summed E-state index contributed by atoms with van der Waals surface area (Å²) in [5.74, 6) is 2.44. The second-order valence-corrected chi connectivity index (χ2v) is 4.66. The van der Waals surface area contributed by atoms with Crippen molar-refractivity contribution >= 4 is 0 Å². The zero-order chi connectivity index (χ0) is 13.1. The lowest BCUT2D eigenvalue weighted by atomic mass is 10.1. The standard InChI is InChI=1S/C15H19NO2/c1-10-5-4-6-13(9-10)18-15(12(3)16)14-8-7-11(2)17-14/h4-9,12,15H,16H2,1-3H3. The van der Waals surface area contributed by atoms with Gasteiger partial charge in [-0.3, -0.25) is 0 Å². The molecule has 1 aromatic carbocycles. The minimum atomic E-state index is -0.263. The van der Waals surface area contributed by atoms with Gasteiger partial charge in [-0.1, -0.05) is 12.1 Å². The summed E-state index contributed by atoms with van der Waals surface area (Å²) in [4.78, 5) is 0. The lowest BCUT2D eigenvalue weighted by Crippen LogP contribution is -2.28. The van der Waals surface area contributed by atoms with Crippen LogP contribution in [0.1, 0.15) is 30.1 Å². The van der Waals surface area contributed by atoms with Gasteiger partial charge in [-0.2, -0.15) is 0 Å². The van der Waals surface area contributed by atoms with Crippen LogP contribution >= 0.6 is 0 Å². The average molecular weight is 245 g/mol. The molecule has 18 heavy (non-hydrogen) atoms. The van der Waals surface area contributed by atoms with E-state index < -0.39 is 0 Å². The number of aryl methyl sites for hydroxylation is 2.